The smallest absolute Gasteiger partial charge is 0.296 e. The molecular weight excluding hydrogens is 428 g/mol. The summed E-state index contributed by atoms with van der Waals surface area (Å²) in [4.78, 5) is 32.2. The molecule has 6 heteroatoms. The molecule has 4 aromatic rings. The molecular formula is C28H22N2O4. The number of ether oxygens (including phenoxy) is 1. The highest BCUT2D eigenvalue weighted by Crippen LogP contribution is 2.41. The Kier molecular flexibility index (Phi) is 5.55. The Bertz CT molecular complexity index is 1430. The summed E-state index contributed by atoms with van der Waals surface area (Å²) in [6.07, 6.45) is 1.64. The minimum absolute atomic E-state index is 0.0458. The number of hydrogen-bond acceptors (Lipinski definition) is 5. The predicted molar refractivity (Wildman–Crippen MR) is 129 cm³/mol. The molecule has 1 saturated heterocycles. The first-order valence-electron chi connectivity index (χ1n) is 10.9. The van der Waals surface area contributed by atoms with E-state index < -0.39 is 17.7 Å². The van der Waals surface area contributed by atoms with E-state index in [4.69, 9.17) is 4.74 Å². The number of pyridine rings is 1. The van der Waals surface area contributed by atoms with Gasteiger partial charge in [-0.2, -0.15) is 0 Å². The van der Waals surface area contributed by atoms with E-state index in [1.807, 2.05) is 48.5 Å². The van der Waals surface area contributed by atoms with Gasteiger partial charge >= 0.3 is 0 Å². The first-order valence-corrected chi connectivity index (χ1v) is 10.9. The first-order chi connectivity index (χ1) is 16.6. The fourth-order valence-corrected chi connectivity index (χ4v) is 4.36. The van der Waals surface area contributed by atoms with E-state index in [1.54, 1.807) is 49.7 Å². The van der Waals surface area contributed by atoms with Gasteiger partial charge in [0.05, 0.1) is 31.0 Å². The Morgan fingerprint density at radius 2 is 1.74 bits per heavy atom. The number of likely N-dealkylation sites (tertiary alicyclic amines) is 1. The monoisotopic (exact) mass is 450 g/mol. The average Bonchev–Trinajstić information content (AvgIpc) is 3.13. The minimum Gasteiger partial charge on any atom is -0.507 e. The van der Waals surface area contributed by atoms with Gasteiger partial charge in [0.25, 0.3) is 11.7 Å². The maximum atomic E-state index is 13.3. The number of ketones is 1. The van der Waals surface area contributed by atoms with Gasteiger partial charge in [0, 0.05) is 11.8 Å². The van der Waals surface area contributed by atoms with Gasteiger partial charge in [-0.15, -0.1) is 0 Å². The molecule has 1 aliphatic rings. The van der Waals surface area contributed by atoms with Crippen LogP contribution in [0.5, 0.6) is 5.75 Å². The summed E-state index contributed by atoms with van der Waals surface area (Å²) in [5.74, 6) is -1.03. The number of aliphatic hydroxyl groups excluding tert-OH is 1. The van der Waals surface area contributed by atoms with Crippen LogP contribution in [0.4, 0.5) is 0 Å². The molecule has 1 aromatic heterocycles. The largest absolute Gasteiger partial charge is 0.507 e. The van der Waals surface area contributed by atoms with E-state index in [0.717, 1.165) is 10.8 Å². The van der Waals surface area contributed by atoms with E-state index >= 15 is 0 Å². The van der Waals surface area contributed by atoms with Crippen molar-refractivity contribution in [2.75, 3.05) is 7.11 Å². The zero-order valence-corrected chi connectivity index (χ0v) is 18.5. The lowest BCUT2D eigenvalue weighted by molar-refractivity contribution is -0.140. The number of aromatic nitrogens is 1. The molecule has 1 aliphatic heterocycles. The number of hydrogen-bond donors (Lipinski definition) is 1. The maximum absolute atomic E-state index is 13.3. The van der Waals surface area contributed by atoms with E-state index in [1.165, 1.54) is 4.90 Å². The number of carbonyl (C=O) groups is 2. The van der Waals surface area contributed by atoms with Gasteiger partial charge in [0.1, 0.15) is 11.5 Å². The maximum Gasteiger partial charge on any atom is 0.296 e. The van der Waals surface area contributed by atoms with E-state index in [0.29, 0.717) is 22.6 Å². The summed E-state index contributed by atoms with van der Waals surface area (Å²) in [6, 6.07) is 25.0. The standard InChI is InChI=1S/C28H22N2O4/c1-34-23-11-6-9-20(16-23)25-24(26(31)21-13-12-18-7-2-3-8-19(18)15-21)27(32)28(33)30(25)17-22-10-4-5-14-29-22/h2-16,25,31H,17H2,1H3/b26-24-. The summed E-state index contributed by atoms with van der Waals surface area (Å²) in [6.45, 7) is 0.127. The van der Waals surface area contributed by atoms with Gasteiger partial charge in [-0.25, -0.2) is 0 Å². The van der Waals surface area contributed by atoms with Gasteiger partial charge < -0.3 is 14.7 Å². The van der Waals surface area contributed by atoms with Crippen molar-refractivity contribution in [1.82, 2.24) is 9.88 Å². The van der Waals surface area contributed by atoms with Crippen molar-refractivity contribution in [3.05, 3.63) is 114 Å². The second kappa shape index (κ2) is 8.83. The van der Waals surface area contributed by atoms with Crippen LogP contribution in [-0.4, -0.2) is 33.8 Å². The lowest BCUT2D eigenvalue weighted by Gasteiger charge is -2.25. The zero-order valence-electron chi connectivity index (χ0n) is 18.5. The molecule has 1 N–H and O–H groups in total. The Morgan fingerprint density at radius 3 is 2.50 bits per heavy atom. The zero-order chi connectivity index (χ0) is 23.7. The molecule has 2 heterocycles. The molecule has 1 unspecified atom stereocenters. The Balaban J connectivity index is 1.67. The molecule has 0 bridgehead atoms. The molecule has 34 heavy (non-hydrogen) atoms. The van der Waals surface area contributed by atoms with E-state index in [-0.39, 0.29) is 17.9 Å². The van der Waals surface area contributed by atoms with Gasteiger partial charge in [-0.3, -0.25) is 14.6 Å². The molecule has 0 radical (unpaired) electrons. The quantitative estimate of drug-likeness (QED) is 0.267. The van der Waals surface area contributed by atoms with E-state index in [2.05, 4.69) is 4.98 Å². The third kappa shape index (κ3) is 3.79. The Labute approximate surface area is 196 Å². The van der Waals surface area contributed by atoms with Gasteiger partial charge in [0.15, 0.2) is 0 Å². The number of methoxy groups -OCH3 is 1. The van der Waals surface area contributed by atoms with Crippen molar-refractivity contribution in [2.24, 2.45) is 0 Å². The molecule has 168 valence electrons. The second-order valence-corrected chi connectivity index (χ2v) is 8.09. The number of benzene rings is 3. The lowest BCUT2D eigenvalue weighted by Crippen LogP contribution is -2.29. The molecule has 1 atom stereocenters. The average molecular weight is 450 g/mol. The molecule has 0 spiro atoms. The van der Waals surface area contributed by atoms with E-state index in [9.17, 15) is 14.7 Å². The second-order valence-electron chi connectivity index (χ2n) is 8.09. The summed E-state index contributed by atoms with van der Waals surface area (Å²) in [7, 11) is 1.55. The van der Waals surface area contributed by atoms with Crippen molar-refractivity contribution in [1.29, 1.82) is 0 Å². The van der Waals surface area contributed by atoms with Crippen LogP contribution in [0.25, 0.3) is 16.5 Å². The lowest BCUT2D eigenvalue weighted by atomic mass is 9.94. The normalized spacial score (nSPS) is 17.3. The number of amides is 1. The van der Waals surface area contributed by atoms with Crippen LogP contribution in [0.1, 0.15) is 22.9 Å². The van der Waals surface area contributed by atoms with Crippen LogP contribution in [0.15, 0.2) is 96.7 Å². The molecule has 3 aromatic carbocycles. The van der Waals surface area contributed by atoms with Crippen molar-refractivity contribution in [3.63, 3.8) is 0 Å². The highest BCUT2D eigenvalue weighted by molar-refractivity contribution is 6.46. The third-order valence-corrected chi connectivity index (χ3v) is 6.03. The topological polar surface area (TPSA) is 79.7 Å². The summed E-state index contributed by atoms with van der Waals surface area (Å²) in [5.41, 5.74) is 1.83. The molecule has 1 amide bonds. The molecule has 1 fully saturated rings. The number of fused-ring (bicyclic) bond motifs is 1. The summed E-state index contributed by atoms with van der Waals surface area (Å²) >= 11 is 0. The summed E-state index contributed by atoms with van der Waals surface area (Å²) in [5, 5.41) is 13.3. The van der Waals surface area contributed by atoms with Crippen LogP contribution >= 0.6 is 0 Å². The predicted octanol–water partition coefficient (Wildman–Crippen LogP) is 4.87. The van der Waals surface area contributed by atoms with Gasteiger partial charge in [-0.1, -0.05) is 54.6 Å². The van der Waals surface area contributed by atoms with Gasteiger partial charge in [-0.05, 0) is 46.7 Å². The van der Waals surface area contributed by atoms with Crippen LogP contribution in [0, 0.1) is 0 Å². The Morgan fingerprint density at radius 1 is 0.941 bits per heavy atom. The van der Waals surface area contributed by atoms with Gasteiger partial charge in [0.2, 0.25) is 0 Å². The fraction of sp³-hybridized carbons (Fsp3) is 0.107. The summed E-state index contributed by atoms with van der Waals surface area (Å²) < 4.78 is 5.37. The fourth-order valence-electron chi connectivity index (χ4n) is 4.36. The highest BCUT2D eigenvalue weighted by atomic mass is 16.5. The van der Waals surface area contributed by atoms with Crippen LogP contribution in [0.3, 0.4) is 0 Å². The van der Waals surface area contributed by atoms with Crippen LogP contribution in [-0.2, 0) is 16.1 Å². The van der Waals surface area contributed by atoms with Crippen LogP contribution in [0.2, 0.25) is 0 Å². The number of carbonyl (C=O) groups excluding carboxylic acids is 2. The number of rotatable bonds is 5. The first kappa shape index (κ1) is 21.4. The SMILES string of the molecule is COc1cccc(C2/C(=C(/O)c3ccc4ccccc4c3)C(=O)C(=O)N2Cc2ccccn2)c1. The minimum atomic E-state index is -0.788. The molecule has 0 aliphatic carbocycles. The highest BCUT2D eigenvalue weighted by Gasteiger charge is 2.46. The molecule has 5 rings (SSSR count). The van der Waals surface area contributed by atoms with Crippen molar-refractivity contribution < 1.29 is 19.4 Å². The number of nitrogens with zero attached hydrogens (tertiary/aromatic N) is 2. The van der Waals surface area contributed by atoms with Crippen molar-refractivity contribution >= 4 is 28.2 Å². The number of aliphatic hydroxyl groups is 1. The number of Topliss-reactive ketones (excluding diaryl/α,β-unsaturated/α-hetero) is 1. The third-order valence-electron chi connectivity index (χ3n) is 6.03. The van der Waals surface area contributed by atoms with Crippen molar-refractivity contribution in [2.45, 2.75) is 12.6 Å². The molecule has 0 saturated carbocycles. The van der Waals surface area contributed by atoms with Crippen molar-refractivity contribution in [3.8, 4) is 5.75 Å². The van der Waals surface area contributed by atoms with Crippen LogP contribution < -0.4 is 4.74 Å². The Hall–Kier alpha value is -4.45. The molecule has 6 nitrogen and oxygen atoms in total.